The number of hydrogen-bond acceptors (Lipinski definition) is 4. The van der Waals surface area contributed by atoms with Crippen molar-refractivity contribution in [2.45, 2.75) is 6.54 Å². The molecule has 1 aromatic carbocycles. The van der Waals surface area contributed by atoms with E-state index in [9.17, 15) is 0 Å². The highest BCUT2D eigenvalue weighted by molar-refractivity contribution is 6.30. The van der Waals surface area contributed by atoms with Crippen molar-refractivity contribution in [3.63, 3.8) is 0 Å². The summed E-state index contributed by atoms with van der Waals surface area (Å²) in [6.45, 7) is 6.00. The van der Waals surface area contributed by atoms with Gasteiger partial charge in [0.1, 0.15) is 5.75 Å². The Kier molecular flexibility index (Phi) is 4.85. The molecule has 1 aliphatic heterocycles. The van der Waals surface area contributed by atoms with Gasteiger partial charge in [-0.1, -0.05) is 23.7 Å². The Hall–Kier alpha value is -1.72. The summed E-state index contributed by atoms with van der Waals surface area (Å²) in [5, 5.41) is 4.91. The number of para-hydroxylation sites is 2. The Morgan fingerprint density at radius 3 is 2.59 bits per heavy atom. The molecule has 1 saturated heterocycles. The molecule has 0 spiro atoms. The van der Waals surface area contributed by atoms with Gasteiger partial charge in [0, 0.05) is 38.9 Å². The number of piperazine rings is 1. The number of rotatable bonds is 5. The van der Waals surface area contributed by atoms with Crippen LogP contribution in [0.5, 0.6) is 5.75 Å². The highest BCUT2D eigenvalue weighted by atomic mass is 35.5. The number of halogens is 1. The van der Waals surface area contributed by atoms with Gasteiger partial charge in [0.15, 0.2) is 0 Å². The number of anilines is 1. The third-order valence-electron chi connectivity index (χ3n) is 4.05. The first-order valence-electron chi connectivity index (χ1n) is 7.54. The highest BCUT2D eigenvalue weighted by Gasteiger charge is 2.19. The second kappa shape index (κ2) is 7.03. The zero-order valence-electron chi connectivity index (χ0n) is 12.8. The van der Waals surface area contributed by atoms with E-state index in [1.807, 2.05) is 23.0 Å². The molecular weight excluding hydrogens is 300 g/mol. The molecule has 0 aliphatic carbocycles. The second-order valence-corrected chi connectivity index (χ2v) is 5.86. The van der Waals surface area contributed by atoms with Crippen LogP contribution in [0.4, 0.5) is 5.69 Å². The Morgan fingerprint density at radius 2 is 1.91 bits per heavy atom. The van der Waals surface area contributed by atoms with E-state index in [0.717, 1.165) is 45.0 Å². The van der Waals surface area contributed by atoms with Gasteiger partial charge in [0.25, 0.3) is 0 Å². The van der Waals surface area contributed by atoms with Gasteiger partial charge in [-0.05, 0) is 12.1 Å². The van der Waals surface area contributed by atoms with Gasteiger partial charge >= 0.3 is 0 Å². The van der Waals surface area contributed by atoms with Crippen LogP contribution >= 0.6 is 11.6 Å². The van der Waals surface area contributed by atoms with E-state index in [2.05, 4.69) is 27.0 Å². The van der Waals surface area contributed by atoms with Gasteiger partial charge in [-0.15, -0.1) is 0 Å². The summed E-state index contributed by atoms with van der Waals surface area (Å²) < 4.78 is 7.35. The van der Waals surface area contributed by atoms with E-state index in [1.165, 1.54) is 5.69 Å². The lowest BCUT2D eigenvalue weighted by Crippen LogP contribution is -2.47. The molecule has 0 N–H and O–H groups in total. The SMILES string of the molecule is COc1ccccc1N1CCN(CCn2cc(Cl)cn2)CC1. The molecule has 1 aliphatic rings. The molecule has 0 saturated carbocycles. The molecule has 0 bridgehead atoms. The average molecular weight is 321 g/mol. The van der Waals surface area contributed by atoms with Gasteiger partial charge < -0.3 is 9.64 Å². The summed E-state index contributed by atoms with van der Waals surface area (Å²) in [5.74, 6) is 0.946. The molecule has 1 aromatic heterocycles. The van der Waals surface area contributed by atoms with Crippen LogP contribution in [0.15, 0.2) is 36.7 Å². The molecule has 2 heterocycles. The number of nitrogens with zero attached hydrogens (tertiary/aromatic N) is 4. The third kappa shape index (κ3) is 3.54. The third-order valence-corrected chi connectivity index (χ3v) is 4.24. The van der Waals surface area contributed by atoms with Gasteiger partial charge in [-0.3, -0.25) is 9.58 Å². The van der Waals surface area contributed by atoms with Crippen LogP contribution in [-0.4, -0.2) is 54.5 Å². The largest absolute Gasteiger partial charge is 0.495 e. The minimum atomic E-state index is 0.695. The first-order chi connectivity index (χ1) is 10.8. The van der Waals surface area contributed by atoms with E-state index in [0.29, 0.717) is 5.02 Å². The minimum absolute atomic E-state index is 0.695. The summed E-state index contributed by atoms with van der Waals surface area (Å²) in [5.41, 5.74) is 1.18. The summed E-state index contributed by atoms with van der Waals surface area (Å²) in [7, 11) is 1.73. The van der Waals surface area contributed by atoms with Crippen LogP contribution in [0.2, 0.25) is 5.02 Å². The zero-order valence-corrected chi connectivity index (χ0v) is 13.5. The monoisotopic (exact) mass is 320 g/mol. The maximum atomic E-state index is 5.88. The maximum absolute atomic E-state index is 5.88. The molecule has 118 valence electrons. The predicted molar refractivity (Wildman–Crippen MR) is 88.9 cm³/mol. The van der Waals surface area contributed by atoms with Crippen molar-refractivity contribution in [2.75, 3.05) is 44.7 Å². The molecule has 6 heteroatoms. The van der Waals surface area contributed by atoms with E-state index >= 15 is 0 Å². The fourth-order valence-electron chi connectivity index (χ4n) is 2.81. The molecule has 0 amide bonds. The quantitative estimate of drug-likeness (QED) is 0.847. The van der Waals surface area contributed by atoms with Crippen molar-refractivity contribution < 1.29 is 4.74 Å². The molecular formula is C16H21ClN4O. The van der Waals surface area contributed by atoms with Gasteiger partial charge in [0.2, 0.25) is 0 Å². The minimum Gasteiger partial charge on any atom is -0.495 e. The molecule has 3 rings (SSSR count). The summed E-state index contributed by atoms with van der Waals surface area (Å²) in [6.07, 6.45) is 3.55. The van der Waals surface area contributed by atoms with Gasteiger partial charge in [-0.25, -0.2) is 0 Å². The lowest BCUT2D eigenvalue weighted by molar-refractivity contribution is 0.244. The highest BCUT2D eigenvalue weighted by Crippen LogP contribution is 2.28. The van der Waals surface area contributed by atoms with Gasteiger partial charge in [0.05, 0.1) is 30.6 Å². The Bertz CT molecular complexity index is 608. The lowest BCUT2D eigenvalue weighted by atomic mass is 10.2. The molecule has 1 fully saturated rings. The second-order valence-electron chi connectivity index (χ2n) is 5.42. The first kappa shape index (κ1) is 15.2. The van der Waals surface area contributed by atoms with Crippen LogP contribution in [0, 0.1) is 0 Å². The van der Waals surface area contributed by atoms with E-state index in [-0.39, 0.29) is 0 Å². The predicted octanol–water partition coefficient (Wildman–Crippen LogP) is 2.37. The fraction of sp³-hybridized carbons (Fsp3) is 0.438. The number of methoxy groups -OCH3 is 1. The first-order valence-corrected chi connectivity index (χ1v) is 7.92. The van der Waals surface area contributed by atoms with E-state index in [4.69, 9.17) is 16.3 Å². The van der Waals surface area contributed by atoms with Crippen molar-refractivity contribution in [2.24, 2.45) is 0 Å². The summed E-state index contributed by atoms with van der Waals surface area (Å²) in [4.78, 5) is 4.85. The van der Waals surface area contributed by atoms with Crippen molar-refractivity contribution in [3.8, 4) is 5.75 Å². The number of hydrogen-bond donors (Lipinski definition) is 0. The molecule has 0 atom stereocenters. The normalized spacial score (nSPS) is 16.0. The van der Waals surface area contributed by atoms with Crippen LogP contribution in [0.25, 0.3) is 0 Å². The number of aromatic nitrogens is 2. The Balaban J connectivity index is 1.52. The maximum Gasteiger partial charge on any atom is 0.142 e. The molecule has 5 nitrogen and oxygen atoms in total. The fourth-order valence-corrected chi connectivity index (χ4v) is 2.96. The van der Waals surface area contributed by atoms with E-state index in [1.54, 1.807) is 13.3 Å². The van der Waals surface area contributed by atoms with Crippen molar-refractivity contribution in [1.82, 2.24) is 14.7 Å². The van der Waals surface area contributed by atoms with Crippen molar-refractivity contribution >= 4 is 17.3 Å². The average Bonchev–Trinajstić information content (AvgIpc) is 2.99. The lowest BCUT2D eigenvalue weighted by Gasteiger charge is -2.36. The zero-order chi connectivity index (χ0) is 15.4. The molecule has 2 aromatic rings. The van der Waals surface area contributed by atoms with Gasteiger partial charge in [-0.2, -0.15) is 5.10 Å². The number of ether oxygens (including phenoxy) is 1. The van der Waals surface area contributed by atoms with Crippen molar-refractivity contribution in [1.29, 1.82) is 0 Å². The Morgan fingerprint density at radius 1 is 1.14 bits per heavy atom. The molecule has 0 radical (unpaired) electrons. The Labute approximate surface area is 136 Å². The van der Waals surface area contributed by atoms with Crippen LogP contribution in [-0.2, 0) is 6.54 Å². The topological polar surface area (TPSA) is 33.5 Å². The summed E-state index contributed by atoms with van der Waals surface area (Å²) >= 11 is 5.88. The molecule has 0 unspecified atom stereocenters. The standard InChI is InChI=1S/C16H21ClN4O/c1-22-16-5-3-2-4-15(16)20-9-6-19(7-10-20)8-11-21-13-14(17)12-18-21/h2-5,12-13H,6-11H2,1H3. The summed E-state index contributed by atoms with van der Waals surface area (Å²) in [6, 6.07) is 8.21. The molecule has 22 heavy (non-hydrogen) atoms. The van der Waals surface area contributed by atoms with E-state index < -0.39 is 0 Å². The number of benzene rings is 1. The smallest absolute Gasteiger partial charge is 0.142 e. The van der Waals surface area contributed by atoms with Crippen LogP contribution < -0.4 is 9.64 Å². The van der Waals surface area contributed by atoms with Crippen LogP contribution in [0.3, 0.4) is 0 Å². The van der Waals surface area contributed by atoms with Crippen LogP contribution in [0.1, 0.15) is 0 Å². The van der Waals surface area contributed by atoms with Crippen molar-refractivity contribution in [3.05, 3.63) is 41.7 Å².